The Morgan fingerprint density at radius 2 is 2.04 bits per heavy atom. The highest BCUT2D eigenvalue weighted by Gasteiger charge is 2.23. The zero-order valence-electron chi connectivity index (χ0n) is 13.8. The van der Waals surface area contributed by atoms with E-state index in [4.69, 9.17) is 26.6 Å². The summed E-state index contributed by atoms with van der Waals surface area (Å²) < 4.78 is 24.5. The summed E-state index contributed by atoms with van der Waals surface area (Å²) in [6.07, 6.45) is 2.07. The van der Waals surface area contributed by atoms with Crippen LogP contribution in [0, 0.1) is 0 Å². The second-order valence-electron chi connectivity index (χ2n) is 5.62. The minimum atomic E-state index is -3.97. The molecule has 26 heavy (non-hydrogen) atoms. The molecular weight excluding hydrogens is 381 g/mol. The molecule has 3 rings (SSSR count). The Kier molecular flexibility index (Phi) is 5.43. The first-order valence-corrected chi connectivity index (χ1v) is 9.78. The summed E-state index contributed by atoms with van der Waals surface area (Å²) in [7, 11) is -3.97. The van der Waals surface area contributed by atoms with Crippen molar-refractivity contribution in [2.75, 3.05) is 12.1 Å². The average molecular weight is 398 g/mol. The monoisotopic (exact) mass is 397 g/mol. The fraction of sp³-hybridized carbons (Fsp3) is 0.267. The van der Waals surface area contributed by atoms with Gasteiger partial charge in [0.1, 0.15) is 17.6 Å². The van der Waals surface area contributed by atoms with Gasteiger partial charge in [0.25, 0.3) is 0 Å². The molecule has 11 heteroatoms. The Balaban J connectivity index is 1.59. The zero-order valence-corrected chi connectivity index (χ0v) is 15.5. The van der Waals surface area contributed by atoms with Gasteiger partial charge >= 0.3 is 7.60 Å². The molecule has 1 unspecified atom stereocenters. The number of imidazole rings is 1. The molecule has 0 aliphatic heterocycles. The number of rotatable bonds is 7. The number of fused-ring (bicyclic) bond motifs is 1. The molecule has 0 fully saturated rings. The molecule has 2 heterocycles. The van der Waals surface area contributed by atoms with Crippen molar-refractivity contribution in [2.24, 2.45) is 0 Å². The third-order valence-corrected chi connectivity index (χ3v) is 4.69. The van der Waals surface area contributed by atoms with E-state index < -0.39 is 20.0 Å². The summed E-state index contributed by atoms with van der Waals surface area (Å²) in [5, 5.41) is 0.506. The molecule has 0 radical (unpaired) electrons. The van der Waals surface area contributed by atoms with E-state index in [9.17, 15) is 9.46 Å². The van der Waals surface area contributed by atoms with E-state index in [1.165, 1.54) is 18.5 Å². The fourth-order valence-corrected chi connectivity index (χ4v) is 3.34. The first-order valence-electron chi connectivity index (χ1n) is 7.64. The Morgan fingerprint density at radius 3 is 2.77 bits per heavy atom. The second-order valence-corrected chi connectivity index (χ2v) is 7.77. The minimum Gasteiger partial charge on any atom is -0.423 e. The molecule has 2 aromatic heterocycles. The van der Waals surface area contributed by atoms with Gasteiger partial charge in [0.15, 0.2) is 17.8 Å². The molecule has 0 aliphatic carbocycles. The Morgan fingerprint density at radius 1 is 1.31 bits per heavy atom. The van der Waals surface area contributed by atoms with E-state index in [1.807, 2.05) is 0 Å². The van der Waals surface area contributed by atoms with Crippen LogP contribution in [0.1, 0.15) is 6.92 Å². The Hall–Kier alpha value is -2.19. The number of hydrogen-bond donors (Lipinski definition) is 2. The molecule has 0 spiro atoms. The number of hydrogen-bond acceptors (Lipinski definition) is 7. The molecular formula is C15H17ClN5O4P. The molecule has 2 atom stereocenters. The summed E-state index contributed by atoms with van der Waals surface area (Å²) >= 11 is 5.77. The summed E-state index contributed by atoms with van der Waals surface area (Å²) in [4.78, 5) is 22.1. The lowest BCUT2D eigenvalue weighted by molar-refractivity contribution is 0.0772. The lowest BCUT2D eigenvalue weighted by Gasteiger charge is -2.17. The summed E-state index contributed by atoms with van der Waals surface area (Å²) in [5.74, 6) is 0.530. The fourth-order valence-electron chi connectivity index (χ4n) is 2.27. The van der Waals surface area contributed by atoms with E-state index in [0.29, 0.717) is 28.5 Å². The maximum atomic E-state index is 12.2. The van der Waals surface area contributed by atoms with Crippen molar-refractivity contribution in [2.45, 2.75) is 19.6 Å². The highest BCUT2D eigenvalue weighted by molar-refractivity contribution is 7.53. The summed E-state index contributed by atoms with van der Waals surface area (Å²) in [6.45, 7) is 2.13. The van der Waals surface area contributed by atoms with Crippen molar-refractivity contribution in [1.29, 1.82) is 0 Å². The number of nitrogens with two attached hydrogens (primary N) is 1. The molecule has 1 aromatic carbocycles. The largest absolute Gasteiger partial charge is 0.423 e. The number of ether oxygens (including phenoxy) is 1. The molecule has 0 amide bonds. The topological polar surface area (TPSA) is 125 Å². The van der Waals surface area contributed by atoms with Crippen LogP contribution in [0.3, 0.4) is 0 Å². The summed E-state index contributed by atoms with van der Waals surface area (Å²) in [5.41, 5.74) is 6.81. The Labute approximate surface area is 154 Å². The van der Waals surface area contributed by atoms with Gasteiger partial charge in [-0.15, -0.1) is 0 Å². The van der Waals surface area contributed by atoms with Crippen LogP contribution in [0.25, 0.3) is 11.2 Å². The first kappa shape index (κ1) is 18.6. The molecule has 9 nitrogen and oxygen atoms in total. The maximum absolute atomic E-state index is 12.2. The van der Waals surface area contributed by atoms with Crippen LogP contribution in [0.5, 0.6) is 5.75 Å². The van der Waals surface area contributed by atoms with Gasteiger partial charge in [-0.05, 0) is 31.2 Å². The molecule has 0 saturated heterocycles. The Bertz CT molecular complexity index is 949. The van der Waals surface area contributed by atoms with Crippen molar-refractivity contribution in [3.63, 3.8) is 0 Å². The zero-order chi connectivity index (χ0) is 18.7. The smallest absolute Gasteiger partial charge is 0.402 e. The highest BCUT2D eigenvalue weighted by Crippen LogP contribution is 2.43. The molecule has 0 saturated carbocycles. The van der Waals surface area contributed by atoms with E-state index in [-0.39, 0.29) is 5.75 Å². The van der Waals surface area contributed by atoms with Gasteiger partial charge in [0, 0.05) is 5.02 Å². The van der Waals surface area contributed by atoms with Gasteiger partial charge in [0.05, 0.1) is 19.0 Å². The van der Waals surface area contributed by atoms with E-state index in [2.05, 4.69) is 15.0 Å². The van der Waals surface area contributed by atoms with E-state index >= 15 is 0 Å². The number of nitrogen functional groups attached to an aromatic ring is 1. The van der Waals surface area contributed by atoms with Crippen molar-refractivity contribution >= 4 is 36.2 Å². The van der Waals surface area contributed by atoms with E-state index in [0.717, 1.165) is 0 Å². The number of benzene rings is 1. The predicted molar refractivity (Wildman–Crippen MR) is 97.1 cm³/mol. The van der Waals surface area contributed by atoms with Crippen LogP contribution in [0.15, 0.2) is 36.9 Å². The lowest BCUT2D eigenvalue weighted by Crippen LogP contribution is -2.18. The van der Waals surface area contributed by atoms with Gasteiger partial charge in [-0.2, -0.15) is 0 Å². The molecule has 3 N–H and O–H groups in total. The molecule has 0 aliphatic rings. The number of nitrogens with zero attached hydrogens (tertiary/aromatic N) is 4. The quantitative estimate of drug-likeness (QED) is 0.583. The van der Waals surface area contributed by atoms with Crippen molar-refractivity contribution in [1.82, 2.24) is 19.5 Å². The van der Waals surface area contributed by atoms with E-state index in [1.54, 1.807) is 30.0 Å². The number of aromatic nitrogens is 4. The highest BCUT2D eigenvalue weighted by atomic mass is 35.5. The number of anilines is 1. The summed E-state index contributed by atoms with van der Waals surface area (Å²) in [6, 6.07) is 6.16. The molecule has 0 bridgehead atoms. The van der Waals surface area contributed by atoms with Crippen molar-refractivity contribution < 1.29 is 18.7 Å². The second kappa shape index (κ2) is 7.59. The van der Waals surface area contributed by atoms with Crippen molar-refractivity contribution in [3.05, 3.63) is 41.9 Å². The normalized spacial score (nSPS) is 14.9. The first-order chi connectivity index (χ1) is 12.3. The third-order valence-electron chi connectivity index (χ3n) is 3.47. The van der Waals surface area contributed by atoms with Crippen LogP contribution in [0.4, 0.5) is 5.82 Å². The number of halogens is 1. The minimum absolute atomic E-state index is 0.240. The predicted octanol–water partition coefficient (Wildman–Crippen LogP) is 2.69. The van der Waals surface area contributed by atoms with Crippen LogP contribution < -0.4 is 10.3 Å². The van der Waals surface area contributed by atoms with Crippen LogP contribution >= 0.6 is 19.2 Å². The standard InChI is InChI=1S/C15H17ClN5O4P/c1-10(6-21-8-20-13-14(17)18-7-19-15(13)21)24-9-26(22,23)25-12-4-2-11(16)3-5-12/h2-5,7-8,10H,6,9H2,1H3,(H,22,23)(H2,17,18,19)/t10-/m1/s1. The van der Waals surface area contributed by atoms with Gasteiger partial charge < -0.3 is 24.5 Å². The van der Waals surface area contributed by atoms with Crippen LogP contribution in [-0.4, -0.2) is 36.9 Å². The molecule has 3 aromatic rings. The van der Waals surface area contributed by atoms with Crippen LogP contribution in [0.2, 0.25) is 5.02 Å². The van der Waals surface area contributed by atoms with Gasteiger partial charge in [-0.25, -0.2) is 19.5 Å². The van der Waals surface area contributed by atoms with Crippen LogP contribution in [-0.2, 0) is 15.8 Å². The average Bonchev–Trinajstić information content (AvgIpc) is 3.00. The maximum Gasteiger partial charge on any atom is 0.402 e. The third kappa shape index (κ3) is 4.50. The van der Waals surface area contributed by atoms with Gasteiger partial charge in [-0.3, -0.25) is 0 Å². The van der Waals surface area contributed by atoms with Gasteiger partial charge in [0.2, 0.25) is 0 Å². The van der Waals surface area contributed by atoms with Crippen molar-refractivity contribution in [3.8, 4) is 5.75 Å². The SMILES string of the molecule is C[C@H](Cn1cnc2c(N)ncnc21)OCP(=O)(O)Oc1ccc(Cl)cc1. The van der Waals surface area contributed by atoms with Gasteiger partial charge in [-0.1, -0.05) is 11.6 Å². The lowest BCUT2D eigenvalue weighted by atomic mass is 10.3. The molecule has 138 valence electrons.